The number of hydrogen-bond acceptors (Lipinski definition) is 4. The number of carbonyl (C=O) groups excluding carboxylic acids is 2. The molecule has 0 saturated carbocycles. The minimum atomic E-state index is -0.380. The van der Waals surface area contributed by atoms with Gasteiger partial charge in [-0.3, -0.25) is 9.59 Å². The van der Waals surface area contributed by atoms with Gasteiger partial charge in [-0.05, 0) is 12.8 Å². The van der Waals surface area contributed by atoms with Crippen molar-refractivity contribution in [3.8, 4) is 0 Å². The maximum Gasteiger partial charge on any atom is 0.245 e. The number of ether oxygens (including phenoxy) is 2. The molecule has 122 valence electrons. The number of amides is 2. The highest BCUT2D eigenvalue weighted by molar-refractivity contribution is 5.96. The largest absolute Gasteiger partial charge is 0.382 e. The third-order valence-corrected chi connectivity index (χ3v) is 3.62. The van der Waals surface area contributed by atoms with Gasteiger partial charge in [0.15, 0.2) is 0 Å². The van der Waals surface area contributed by atoms with Crippen molar-refractivity contribution < 1.29 is 19.1 Å². The Bertz CT molecular complexity index is 336. The molecule has 1 aliphatic rings. The SMILES string of the molecule is CCCC1NC(=O)C(CCC)N(CCOCCOC)C1=O. The molecule has 2 atom stereocenters. The molecule has 1 rings (SSSR count). The molecule has 1 aliphatic heterocycles. The Balaban J connectivity index is 2.61. The van der Waals surface area contributed by atoms with E-state index in [0.29, 0.717) is 39.2 Å². The van der Waals surface area contributed by atoms with Gasteiger partial charge < -0.3 is 19.7 Å². The molecule has 6 heteroatoms. The fourth-order valence-corrected chi connectivity index (χ4v) is 2.54. The fourth-order valence-electron chi connectivity index (χ4n) is 2.54. The van der Waals surface area contributed by atoms with Crippen LogP contribution in [-0.2, 0) is 19.1 Å². The minimum absolute atomic E-state index is 0.0187. The Labute approximate surface area is 127 Å². The first-order chi connectivity index (χ1) is 10.2. The van der Waals surface area contributed by atoms with Gasteiger partial charge in [-0.25, -0.2) is 0 Å². The third kappa shape index (κ3) is 5.28. The first-order valence-corrected chi connectivity index (χ1v) is 7.83. The van der Waals surface area contributed by atoms with Gasteiger partial charge in [0.2, 0.25) is 11.8 Å². The maximum atomic E-state index is 12.5. The van der Waals surface area contributed by atoms with E-state index in [1.165, 1.54) is 0 Å². The molecule has 1 fully saturated rings. The number of nitrogens with zero attached hydrogens (tertiary/aromatic N) is 1. The van der Waals surface area contributed by atoms with Crippen molar-refractivity contribution >= 4 is 11.8 Å². The lowest BCUT2D eigenvalue weighted by Crippen LogP contribution is -2.63. The monoisotopic (exact) mass is 300 g/mol. The second-order valence-electron chi connectivity index (χ2n) is 5.29. The van der Waals surface area contributed by atoms with Gasteiger partial charge in [0.1, 0.15) is 12.1 Å². The highest BCUT2D eigenvalue weighted by Crippen LogP contribution is 2.17. The second kappa shape index (κ2) is 9.73. The summed E-state index contributed by atoms with van der Waals surface area (Å²) in [7, 11) is 1.62. The Morgan fingerprint density at radius 2 is 1.81 bits per heavy atom. The number of hydrogen-bond donors (Lipinski definition) is 1. The van der Waals surface area contributed by atoms with E-state index in [0.717, 1.165) is 12.8 Å². The molecule has 0 aromatic heterocycles. The van der Waals surface area contributed by atoms with Crippen molar-refractivity contribution in [1.29, 1.82) is 0 Å². The normalized spacial score (nSPS) is 22.5. The molecule has 0 spiro atoms. The van der Waals surface area contributed by atoms with E-state index in [9.17, 15) is 9.59 Å². The topological polar surface area (TPSA) is 67.9 Å². The highest BCUT2D eigenvalue weighted by Gasteiger charge is 2.39. The van der Waals surface area contributed by atoms with Crippen LogP contribution in [0.25, 0.3) is 0 Å². The van der Waals surface area contributed by atoms with E-state index in [1.807, 2.05) is 13.8 Å². The average Bonchev–Trinajstić information content (AvgIpc) is 2.47. The zero-order valence-corrected chi connectivity index (χ0v) is 13.4. The van der Waals surface area contributed by atoms with Gasteiger partial charge in [0.05, 0.1) is 19.8 Å². The highest BCUT2D eigenvalue weighted by atomic mass is 16.5. The van der Waals surface area contributed by atoms with Crippen LogP contribution in [0.2, 0.25) is 0 Å². The fraction of sp³-hybridized carbons (Fsp3) is 0.867. The Kier molecular flexibility index (Phi) is 8.30. The van der Waals surface area contributed by atoms with Crippen LogP contribution >= 0.6 is 0 Å². The first-order valence-electron chi connectivity index (χ1n) is 7.83. The van der Waals surface area contributed by atoms with Crippen molar-refractivity contribution in [1.82, 2.24) is 10.2 Å². The van der Waals surface area contributed by atoms with Gasteiger partial charge in [-0.15, -0.1) is 0 Å². The van der Waals surface area contributed by atoms with Crippen molar-refractivity contribution in [2.75, 3.05) is 33.5 Å². The number of nitrogens with one attached hydrogen (secondary N) is 1. The average molecular weight is 300 g/mol. The predicted molar refractivity (Wildman–Crippen MR) is 79.9 cm³/mol. The van der Waals surface area contributed by atoms with Crippen LogP contribution < -0.4 is 5.32 Å². The third-order valence-electron chi connectivity index (χ3n) is 3.62. The summed E-state index contributed by atoms with van der Waals surface area (Å²) < 4.78 is 10.3. The lowest BCUT2D eigenvalue weighted by atomic mass is 10.0. The van der Waals surface area contributed by atoms with Gasteiger partial charge >= 0.3 is 0 Å². The Morgan fingerprint density at radius 3 is 2.43 bits per heavy atom. The van der Waals surface area contributed by atoms with Crippen molar-refractivity contribution in [3.63, 3.8) is 0 Å². The standard InChI is InChI=1S/C15H28N2O4/c1-4-6-12-15(19)17(8-9-21-11-10-20-3)13(7-5-2)14(18)16-12/h12-13H,4-11H2,1-3H3,(H,16,18). The molecule has 2 amide bonds. The number of piperazine rings is 1. The number of methoxy groups -OCH3 is 1. The molecule has 2 unspecified atom stereocenters. The van der Waals surface area contributed by atoms with Gasteiger partial charge in [-0.1, -0.05) is 26.7 Å². The number of rotatable bonds is 10. The Morgan fingerprint density at radius 1 is 1.10 bits per heavy atom. The Hall–Kier alpha value is -1.14. The molecule has 0 radical (unpaired) electrons. The molecule has 0 aromatic rings. The smallest absolute Gasteiger partial charge is 0.245 e. The zero-order valence-electron chi connectivity index (χ0n) is 13.4. The molecule has 1 saturated heterocycles. The zero-order chi connectivity index (χ0) is 15.7. The lowest BCUT2D eigenvalue weighted by Gasteiger charge is -2.39. The van der Waals surface area contributed by atoms with E-state index in [4.69, 9.17) is 9.47 Å². The first kappa shape index (κ1) is 17.9. The van der Waals surface area contributed by atoms with Crippen LogP contribution in [0.15, 0.2) is 0 Å². The summed E-state index contributed by atoms with van der Waals surface area (Å²) in [5.41, 5.74) is 0. The van der Waals surface area contributed by atoms with E-state index in [-0.39, 0.29) is 23.9 Å². The van der Waals surface area contributed by atoms with Crippen LogP contribution in [0.5, 0.6) is 0 Å². The van der Waals surface area contributed by atoms with Crippen LogP contribution in [0.1, 0.15) is 39.5 Å². The van der Waals surface area contributed by atoms with Crippen LogP contribution in [0.3, 0.4) is 0 Å². The van der Waals surface area contributed by atoms with Gasteiger partial charge in [0.25, 0.3) is 0 Å². The molecule has 6 nitrogen and oxygen atoms in total. The van der Waals surface area contributed by atoms with Gasteiger partial charge in [0, 0.05) is 13.7 Å². The van der Waals surface area contributed by atoms with Crippen LogP contribution in [0.4, 0.5) is 0 Å². The summed E-state index contributed by atoms with van der Waals surface area (Å²) in [5, 5.41) is 2.85. The molecule has 0 aliphatic carbocycles. The van der Waals surface area contributed by atoms with Gasteiger partial charge in [-0.2, -0.15) is 0 Å². The summed E-state index contributed by atoms with van der Waals surface area (Å²) >= 11 is 0. The molecule has 0 bridgehead atoms. The van der Waals surface area contributed by atoms with Crippen molar-refractivity contribution in [3.05, 3.63) is 0 Å². The van der Waals surface area contributed by atoms with Crippen molar-refractivity contribution in [2.45, 2.75) is 51.6 Å². The lowest BCUT2D eigenvalue weighted by molar-refractivity contribution is -0.150. The second-order valence-corrected chi connectivity index (χ2v) is 5.29. The van der Waals surface area contributed by atoms with Crippen molar-refractivity contribution in [2.24, 2.45) is 0 Å². The molecule has 1 heterocycles. The molecule has 1 N–H and O–H groups in total. The summed E-state index contributed by atoms with van der Waals surface area (Å²) in [6, 6.07) is -0.740. The van der Waals surface area contributed by atoms with E-state index < -0.39 is 0 Å². The van der Waals surface area contributed by atoms with Crippen LogP contribution in [-0.4, -0.2) is 62.3 Å². The molecule has 0 aromatic carbocycles. The molecule has 21 heavy (non-hydrogen) atoms. The van der Waals surface area contributed by atoms with E-state index in [2.05, 4.69) is 5.32 Å². The summed E-state index contributed by atoms with van der Waals surface area (Å²) in [5.74, 6) is -0.0166. The van der Waals surface area contributed by atoms with E-state index in [1.54, 1.807) is 12.0 Å². The summed E-state index contributed by atoms with van der Waals surface area (Å²) in [4.78, 5) is 26.4. The molecular weight excluding hydrogens is 272 g/mol. The van der Waals surface area contributed by atoms with Crippen LogP contribution in [0, 0.1) is 0 Å². The quantitative estimate of drug-likeness (QED) is 0.610. The summed E-state index contributed by atoms with van der Waals surface area (Å²) in [6.45, 7) is 5.95. The van der Waals surface area contributed by atoms with E-state index >= 15 is 0 Å². The summed E-state index contributed by atoms with van der Waals surface area (Å²) in [6.07, 6.45) is 3.11. The molecular formula is C15H28N2O4. The minimum Gasteiger partial charge on any atom is -0.382 e. The maximum absolute atomic E-state index is 12.5. The number of carbonyl (C=O) groups is 2. The predicted octanol–water partition coefficient (Wildman–Crippen LogP) is 0.945.